The smallest absolute Gasteiger partial charge is 0.810 e. The monoisotopic (exact) mass is 927 g/mol. The number of aliphatic carboxylic acids is 4. The molecule has 1 rings (SSSR count). The third-order valence-corrected chi connectivity index (χ3v) is 11.6. The molecule has 1 radical (unpaired) electrons. The summed E-state index contributed by atoms with van der Waals surface area (Å²) in [6, 6.07) is -4.74. The summed E-state index contributed by atoms with van der Waals surface area (Å²) in [6.45, 7) is 1.80. The van der Waals surface area contributed by atoms with Crippen LogP contribution in [0.5, 0.6) is 0 Å². The van der Waals surface area contributed by atoms with Crippen molar-refractivity contribution in [1.29, 1.82) is 0 Å². The number of epoxide rings is 1. The van der Waals surface area contributed by atoms with Crippen LogP contribution in [-0.2, 0) is 69.3 Å². The number of rotatable bonds is 23. The molecule has 0 aromatic heterocycles. The van der Waals surface area contributed by atoms with E-state index in [0.717, 1.165) is 0 Å². The van der Waals surface area contributed by atoms with Crippen LogP contribution in [0.2, 0.25) is 0 Å². The van der Waals surface area contributed by atoms with E-state index < -0.39 is 111 Å². The van der Waals surface area contributed by atoms with Gasteiger partial charge >= 0.3 is 48.5 Å². The number of thiol groups is 1. The molecule has 1 saturated heterocycles. The maximum atomic E-state index is 12.0. The van der Waals surface area contributed by atoms with Gasteiger partial charge in [-0.3, -0.25) is 42.9 Å². The minimum Gasteiger partial charge on any atom is -0.810 e. The first-order valence-electron chi connectivity index (χ1n) is 15.7. The molecule has 323 valence electrons. The Hall–Kier alpha value is -2.84. The van der Waals surface area contributed by atoms with Gasteiger partial charge in [0.15, 0.2) is 5.85 Å². The van der Waals surface area contributed by atoms with Crippen molar-refractivity contribution >= 4 is 87.1 Å². The molecule has 1 fully saturated rings. The molecular formula is C26H46MnN6O19P2S2. The molecule has 0 aliphatic carbocycles. The second-order valence-electron chi connectivity index (χ2n) is 11.2. The summed E-state index contributed by atoms with van der Waals surface area (Å²) in [5.41, 5.74) is 10.5. The predicted octanol–water partition coefficient (Wildman–Crippen LogP) is -5.05. The quantitative estimate of drug-likeness (QED) is 0.0197. The summed E-state index contributed by atoms with van der Waals surface area (Å²) in [6.07, 6.45) is -1.03. The number of carboxylic acid groups (broad SMARTS) is 4. The SMILES string of the molecule is CC[C@H](SCC(NC(=O)CCC(N)C(=O)O)C(=O)NCC(=O)O)P(=O)([O-])[O-].C[C@H]1O[C@H]1P(=O)(O)O.NC(CCC(=O)NC(CS)C(=O)NCC(=O)O)C(=O)O.[Mn+2]. The van der Waals surface area contributed by atoms with Crippen molar-refractivity contribution in [3.8, 4) is 0 Å². The number of nitrogens with one attached hydrogen (secondary N) is 4. The summed E-state index contributed by atoms with van der Waals surface area (Å²) < 4.78 is 25.8. The van der Waals surface area contributed by atoms with Gasteiger partial charge in [-0.2, -0.15) is 24.4 Å². The van der Waals surface area contributed by atoms with Crippen molar-refractivity contribution in [3.05, 3.63) is 0 Å². The van der Waals surface area contributed by atoms with Gasteiger partial charge < -0.3 is 82.0 Å². The number of carbonyl (C=O) groups excluding carboxylic acids is 4. The van der Waals surface area contributed by atoms with Gasteiger partial charge in [-0.15, -0.1) is 0 Å². The standard InChI is InChI=1S/C13H24N3O9PS.C10H17N3O6S.C3H7O4P.Mn/c1-2-11(26(23,24)25)27-6-8(12(20)15-5-10(18)19)16-9(17)4-3-7(14)13(21)22;11-5(10(18)19)1-2-7(14)13-6(4-20)9(17)12-3-8(15)16;1-2-3(7-2)8(4,5)6;/h7-8,11H,2-6,14H2,1H3,(H,15,20)(H,16,17)(H,18,19)(H,21,22)(H2,23,24,25);5-6,20H,1-4,11H2,(H,12,17)(H,13,14)(H,15,16)(H,18,19);2-3H,1H3,(H2,4,5,6);/q;;;+2/p-2/t7?,8?,11-;;2-,3+;/m0.1./s1. The average molecular weight is 928 g/mol. The fraction of sp³-hybridized carbons (Fsp3) is 0.692. The predicted molar refractivity (Wildman–Crippen MR) is 189 cm³/mol. The van der Waals surface area contributed by atoms with Crippen LogP contribution in [0.4, 0.5) is 0 Å². The Morgan fingerprint density at radius 1 is 0.804 bits per heavy atom. The number of ether oxygens (including phenoxy) is 1. The average Bonchev–Trinajstić information content (AvgIpc) is 3.83. The number of thioether (sulfide) groups is 1. The van der Waals surface area contributed by atoms with Gasteiger partial charge in [0.25, 0.3) is 0 Å². The molecule has 4 unspecified atom stereocenters. The fourth-order valence-corrected chi connectivity index (χ4v) is 6.94. The molecule has 0 aromatic carbocycles. The molecule has 0 aromatic rings. The summed E-state index contributed by atoms with van der Waals surface area (Å²) in [7, 11) is -8.83. The Bertz CT molecular complexity index is 1440. The van der Waals surface area contributed by atoms with E-state index in [0.29, 0.717) is 11.8 Å². The molecule has 0 saturated carbocycles. The summed E-state index contributed by atoms with van der Waals surface area (Å²) in [4.78, 5) is 126. The van der Waals surface area contributed by atoms with Crippen molar-refractivity contribution in [2.75, 3.05) is 24.6 Å². The molecule has 1 heterocycles. The molecule has 1 aliphatic rings. The zero-order valence-electron chi connectivity index (χ0n) is 29.7. The number of hydrogen-bond acceptors (Lipinski definition) is 17. The Morgan fingerprint density at radius 3 is 1.45 bits per heavy atom. The van der Waals surface area contributed by atoms with Gasteiger partial charge in [0.05, 0.1) is 6.10 Å². The number of amides is 4. The largest absolute Gasteiger partial charge is 2.00 e. The van der Waals surface area contributed by atoms with Gasteiger partial charge in [0, 0.05) is 29.3 Å². The number of carbonyl (C=O) groups is 8. The van der Waals surface area contributed by atoms with Crippen LogP contribution in [0.25, 0.3) is 0 Å². The topological polar surface area (TPSA) is 451 Å². The van der Waals surface area contributed by atoms with Crippen molar-refractivity contribution in [2.24, 2.45) is 11.5 Å². The maximum absolute atomic E-state index is 12.0. The van der Waals surface area contributed by atoms with E-state index in [1.165, 1.54) is 6.92 Å². The van der Waals surface area contributed by atoms with Crippen molar-refractivity contribution in [1.82, 2.24) is 21.3 Å². The van der Waals surface area contributed by atoms with E-state index in [1.807, 2.05) is 5.32 Å². The van der Waals surface area contributed by atoms with Crippen molar-refractivity contribution in [3.63, 3.8) is 0 Å². The van der Waals surface area contributed by atoms with E-state index in [4.69, 9.17) is 41.7 Å². The van der Waals surface area contributed by atoms with Crippen LogP contribution in [-0.4, -0.2) is 143 Å². The zero-order valence-corrected chi connectivity index (χ0v) is 34.4. The molecule has 7 atom stereocenters. The number of hydrogen-bond donors (Lipinski definition) is 13. The zero-order chi connectivity index (χ0) is 43.3. The van der Waals surface area contributed by atoms with Gasteiger partial charge in [0.1, 0.15) is 37.3 Å². The van der Waals surface area contributed by atoms with Gasteiger partial charge in [-0.05, 0) is 26.2 Å². The van der Waals surface area contributed by atoms with Crippen molar-refractivity contribution < 1.29 is 109 Å². The normalized spacial score (nSPS) is 17.1. The van der Waals surface area contributed by atoms with E-state index >= 15 is 0 Å². The van der Waals surface area contributed by atoms with Crippen LogP contribution >= 0.6 is 39.6 Å². The third kappa shape index (κ3) is 27.7. The Kier molecular flexibility index (Phi) is 29.3. The minimum atomic E-state index is -4.92. The second kappa shape index (κ2) is 28.5. The summed E-state index contributed by atoms with van der Waals surface area (Å²) >= 11 is 4.51. The third-order valence-electron chi connectivity index (χ3n) is 6.48. The van der Waals surface area contributed by atoms with Gasteiger partial charge in [-0.25, -0.2) is 0 Å². The maximum Gasteiger partial charge on any atom is 2.00 e. The minimum absolute atomic E-state index is 0. The first kappa shape index (κ1) is 57.5. The van der Waals surface area contributed by atoms with E-state index in [2.05, 4.69) is 33.3 Å². The van der Waals surface area contributed by atoms with E-state index in [1.54, 1.807) is 6.92 Å². The second-order valence-corrected chi connectivity index (χ2v) is 16.5. The Balaban J connectivity index is -0.000000843. The van der Waals surface area contributed by atoms with Crippen LogP contribution < -0.4 is 42.5 Å². The fourth-order valence-electron chi connectivity index (χ4n) is 3.47. The van der Waals surface area contributed by atoms with Gasteiger partial charge in [-0.1, -0.05) is 14.5 Å². The molecule has 25 nitrogen and oxygen atoms in total. The van der Waals surface area contributed by atoms with Gasteiger partial charge in [0.2, 0.25) is 23.6 Å². The number of nitrogens with two attached hydrogens (primary N) is 2. The van der Waals surface area contributed by atoms with E-state index in [9.17, 15) is 57.3 Å². The first-order valence-corrected chi connectivity index (χ1v) is 20.6. The van der Waals surface area contributed by atoms with Crippen LogP contribution in [0.3, 0.4) is 0 Å². The van der Waals surface area contributed by atoms with E-state index in [-0.39, 0.29) is 66.8 Å². The summed E-state index contributed by atoms with van der Waals surface area (Å²) in [5.74, 6) is -9.07. The molecular weight excluding hydrogens is 881 g/mol. The molecule has 14 N–H and O–H groups in total. The molecule has 56 heavy (non-hydrogen) atoms. The van der Waals surface area contributed by atoms with Crippen LogP contribution in [0.1, 0.15) is 46.0 Å². The Morgan fingerprint density at radius 2 is 1.18 bits per heavy atom. The van der Waals surface area contributed by atoms with Crippen LogP contribution in [0, 0.1) is 0 Å². The first-order chi connectivity index (χ1) is 25.2. The number of carboxylic acids is 4. The Labute approximate surface area is 339 Å². The van der Waals surface area contributed by atoms with Crippen LogP contribution in [0.15, 0.2) is 0 Å². The molecule has 30 heteroatoms. The molecule has 0 spiro atoms. The summed E-state index contributed by atoms with van der Waals surface area (Å²) in [5, 5.41) is 42.9. The molecule has 4 amide bonds. The van der Waals surface area contributed by atoms with Crippen molar-refractivity contribution in [2.45, 2.75) is 87.1 Å². The molecule has 1 aliphatic heterocycles. The molecule has 0 bridgehead atoms.